The fourth-order valence-corrected chi connectivity index (χ4v) is 2.12. The van der Waals surface area contributed by atoms with Crippen LogP contribution in [0.15, 0.2) is 28.4 Å². The summed E-state index contributed by atoms with van der Waals surface area (Å²) >= 11 is 6.70. The van der Waals surface area contributed by atoms with Crippen molar-refractivity contribution in [3.63, 3.8) is 0 Å². The molecule has 7 heteroatoms. The largest absolute Gasteiger partial charge is 0.507 e. The molecule has 1 amide bonds. The van der Waals surface area contributed by atoms with Gasteiger partial charge in [-0.05, 0) is 18.2 Å². The van der Waals surface area contributed by atoms with E-state index in [0.29, 0.717) is 10.7 Å². The van der Waals surface area contributed by atoms with Gasteiger partial charge in [-0.3, -0.25) is 9.59 Å². The van der Waals surface area contributed by atoms with Gasteiger partial charge in [-0.25, -0.2) is 0 Å². The normalized spacial score (nSPS) is 10.3. The molecule has 3 N–H and O–H groups in total. The van der Waals surface area contributed by atoms with Crippen molar-refractivity contribution < 1.29 is 9.90 Å². The number of thiazole rings is 1. The Labute approximate surface area is 111 Å². The molecule has 0 aliphatic heterocycles. The number of halogens is 1. The van der Waals surface area contributed by atoms with Gasteiger partial charge < -0.3 is 15.4 Å². The maximum absolute atomic E-state index is 11.8. The topological polar surface area (TPSA) is 82.2 Å². The van der Waals surface area contributed by atoms with E-state index in [-0.39, 0.29) is 22.7 Å². The van der Waals surface area contributed by atoms with Crippen LogP contribution in [-0.4, -0.2) is 16.0 Å². The summed E-state index contributed by atoms with van der Waals surface area (Å²) in [4.78, 5) is 25.0. The first-order valence-electron chi connectivity index (χ1n) is 4.99. The Morgan fingerprint density at radius 2 is 2.28 bits per heavy atom. The number of aromatic hydroxyl groups is 1. The average Bonchev–Trinajstić information content (AvgIpc) is 2.72. The fraction of sp³-hybridized carbons (Fsp3) is 0.0909. The van der Waals surface area contributed by atoms with Crippen molar-refractivity contribution in [1.29, 1.82) is 0 Å². The minimum Gasteiger partial charge on any atom is -0.507 e. The van der Waals surface area contributed by atoms with Crippen molar-refractivity contribution in [2.24, 2.45) is 0 Å². The zero-order valence-corrected chi connectivity index (χ0v) is 10.6. The molecule has 0 aliphatic rings. The van der Waals surface area contributed by atoms with Gasteiger partial charge in [0.05, 0.1) is 12.1 Å². The lowest BCUT2D eigenvalue weighted by Gasteiger charge is -2.05. The van der Waals surface area contributed by atoms with Crippen molar-refractivity contribution in [1.82, 2.24) is 10.3 Å². The van der Waals surface area contributed by atoms with Gasteiger partial charge >= 0.3 is 4.87 Å². The van der Waals surface area contributed by atoms with Crippen LogP contribution in [-0.2, 0) is 6.54 Å². The van der Waals surface area contributed by atoms with E-state index in [4.69, 9.17) is 11.6 Å². The highest BCUT2D eigenvalue weighted by Crippen LogP contribution is 2.21. The number of hydrogen-bond acceptors (Lipinski definition) is 4. The molecule has 1 aromatic carbocycles. The van der Waals surface area contributed by atoms with E-state index in [1.165, 1.54) is 18.2 Å². The third-order valence-corrected chi connectivity index (χ3v) is 3.17. The van der Waals surface area contributed by atoms with Gasteiger partial charge in [-0.15, -0.1) is 0 Å². The predicted octanol–water partition coefficient (Wildman–Crippen LogP) is 1.73. The van der Waals surface area contributed by atoms with Crippen molar-refractivity contribution >= 4 is 28.8 Å². The molecule has 1 aromatic heterocycles. The summed E-state index contributed by atoms with van der Waals surface area (Å²) in [6.45, 7) is 0.194. The van der Waals surface area contributed by atoms with Gasteiger partial charge in [0.2, 0.25) is 0 Å². The van der Waals surface area contributed by atoms with Crippen LogP contribution >= 0.6 is 22.9 Å². The zero-order valence-electron chi connectivity index (χ0n) is 9.07. The number of phenols is 1. The molecule has 2 rings (SSSR count). The second-order valence-electron chi connectivity index (χ2n) is 3.52. The molecule has 0 spiro atoms. The van der Waals surface area contributed by atoms with Gasteiger partial charge in [0, 0.05) is 16.1 Å². The molecule has 0 bridgehead atoms. The van der Waals surface area contributed by atoms with E-state index < -0.39 is 5.91 Å². The van der Waals surface area contributed by atoms with Gasteiger partial charge in [0.25, 0.3) is 5.91 Å². The van der Waals surface area contributed by atoms with E-state index in [1.807, 2.05) is 0 Å². The number of rotatable bonds is 3. The van der Waals surface area contributed by atoms with Crippen LogP contribution in [0.4, 0.5) is 0 Å². The van der Waals surface area contributed by atoms with Crippen molar-refractivity contribution in [3.05, 3.63) is 49.5 Å². The van der Waals surface area contributed by atoms with Gasteiger partial charge in [-0.1, -0.05) is 22.9 Å². The molecule has 0 saturated heterocycles. The van der Waals surface area contributed by atoms with Gasteiger partial charge in [-0.2, -0.15) is 0 Å². The minimum absolute atomic E-state index is 0.136. The molecule has 0 radical (unpaired) electrons. The van der Waals surface area contributed by atoms with Crippen LogP contribution in [0.5, 0.6) is 5.75 Å². The molecule has 0 aliphatic carbocycles. The minimum atomic E-state index is -0.434. The summed E-state index contributed by atoms with van der Waals surface area (Å²) in [5.74, 6) is -0.616. The molecule has 5 nitrogen and oxygen atoms in total. The first-order valence-corrected chi connectivity index (χ1v) is 6.25. The number of amides is 1. The van der Waals surface area contributed by atoms with Crippen LogP contribution in [0.2, 0.25) is 5.02 Å². The van der Waals surface area contributed by atoms with Crippen molar-refractivity contribution in [3.8, 4) is 5.75 Å². The summed E-state index contributed by atoms with van der Waals surface area (Å²) in [6, 6.07) is 4.24. The molecule has 1 heterocycles. The number of nitrogens with one attached hydrogen (secondary N) is 2. The highest BCUT2D eigenvalue weighted by molar-refractivity contribution is 7.07. The maximum Gasteiger partial charge on any atom is 0.304 e. The maximum atomic E-state index is 11.8. The summed E-state index contributed by atoms with van der Waals surface area (Å²) in [7, 11) is 0. The standard InChI is InChI=1S/C11H9ClN2O3S/c12-6-1-2-8(9(15)3-6)10(16)13-4-7-5-18-11(17)14-7/h1-3,5,15H,4H2,(H,13,16)(H,14,17). The van der Waals surface area contributed by atoms with Crippen molar-refractivity contribution in [2.75, 3.05) is 0 Å². The molecule has 18 heavy (non-hydrogen) atoms. The van der Waals surface area contributed by atoms with E-state index in [1.54, 1.807) is 5.38 Å². The highest BCUT2D eigenvalue weighted by Gasteiger charge is 2.11. The average molecular weight is 285 g/mol. The number of benzene rings is 1. The number of H-pyrrole nitrogens is 1. The number of carbonyl (C=O) groups excluding carboxylic acids is 1. The molecule has 2 aromatic rings. The second kappa shape index (κ2) is 5.24. The van der Waals surface area contributed by atoms with Crippen molar-refractivity contribution in [2.45, 2.75) is 6.54 Å². The van der Waals surface area contributed by atoms with Gasteiger partial charge in [0.1, 0.15) is 5.75 Å². The number of carbonyl (C=O) groups is 1. The second-order valence-corrected chi connectivity index (χ2v) is 4.80. The SMILES string of the molecule is O=C(NCc1csc(=O)[nH]1)c1ccc(Cl)cc1O. The quantitative estimate of drug-likeness (QED) is 0.803. The Kier molecular flexibility index (Phi) is 3.69. The van der Waals surface area contributed by atoms with E-state index in [0.717, 1.165) is 11.3 Å². The van der Waals surface area contributed by atoms with E-state index in [9.17, 15) is 14.7 Å². The van der Waals surface area contributed by atoms with Crippen LogP contribution in [0.3, 0.4) is 0 Å². The number of aromatic amines is 1. The summed E-state index contributed by atoms with van der Waals surface area (Å²) < 4.78 is 0. The zero-order chi connectivity index (χ0) is 13.1. The van der Waals surface area contributed by atoms with Crippen LogP contribution in [0.1, 0.15) is 16.1 Å². The molecule has 94 valence electrons. The summed E-state index contributed by atoms with van der Waals surface area (Å²) in [5.41, 5.74) is 0.753. The van der Waals surface area contributed by atoms with E-state index in [2.05, 4.69) is 10.3 Å². The molecule has 0 saturated carbocycles. The molecular weight excluding hydrogens is 276 g/mol. The third kappa shape index (κ3) is 2.91. The number of aromatic nitrogens is 1. The lowest BCUT2D eigenvalue weighted by molar-refractivity contribution is 0.0948. The Balaban J connectivity index is 2.06. The smallest absolute Gasteiger partial charge is 0.304 e. The number of hydrogen-bond donors (Lipinski definition) is 3. The molecular formula is C11H9ClN2O3S. The lowest BCUT2D eigenvalue weighted by atomic mass is 10.2. The van der Waals surface area contributed by atoms with Crippen LogP contribution < -0.4 is 10.2 Å². The van der Waals surface area contributed by atoms with Crippen LogP contribution in [0.25, 0.3) is 0 Å². The Morgan fingerprint density at radius 1 is 1.50 bits per heavy atom. The molecule has 0 unspecified atom stereocenters. The predicted molar refractivity (Wildman–Crippen MR) is 69.2 cm³/mol. The van der Waals surface area contributed by atoms with Gasteiger partial charge in [0.15, 0.2) is 0 Å². The highest BCUT2D eigenvalue weighted by atomic mass is 35.5. The first-order chi connectivity index (χ1) is 8.56. The Morgan fingerprint density at radius 3 is 2.89 bits per heavy atom. The van der Waals surface area contributed by atoms with E-state index >= 15 is 0 Å². The monoisotopic (exact) mass is 284 g/mol. The lowest BCUT2D eigenvalue weighted by Crippen LogP contribution is -2.23. The summed E-state index contributed by atoms with van der Waals surface area (Å²) in [6.07, 6.45) is 0. The molecule has 0 fully saturated rings. The fourth-order valence-electron chi connectivity index (χ4n) is 1.37. The third-order valence-electron chi connectivity index (χ3n) is 2.21. The number of phenolic OH excluding ortho intramolecular Hbond substituents is 1. The Bertz CT molecular complexity index is 635. The molecule has 0 atom stereocenters. The van der Waals surface area contributed by atoms with Crippen LogP contribution in [0, 0.1) is 0 Å². The Hall–Kier alpha value is -1.79. The first kappa shape index (κ1) is 12.7. The summed E-state index contributed by atoms with van der Waals surface area (Å²) in [5, 5.41) is 14.1.